The largest absolute Gasteiger partial charge is 1.00 e. The maximum absolute atomic E-state index is 11.1. The molecule has 0 heterocycles. The molecule has 1 rings (SSSR count). The van der Waals surface area contributed by atoms with E-state index in [1.165, 1.54) is 0 Å². The van der Waals surface area contributed by atoms with Gasteiger partial charge in [-0.3, -0.25) is 0 Å². The van der Waals surface area contributed by atoms with Crippen LogP contribution in [0.5, 0.6) is 0 Å². The van der Waals surface area contributed by atoms with Gasteiger partial charge in [0.1, 0.15) is 6.17 Å². The van der Waals surface area contributed by atoms with Crippen molar-refractivity contribution < 1.29 is 35.4 Å². The molecule has 0 N–H and O–H groups in total. The summed E-state index contributed by atoms with van der Waals surface area (Å²) < 4.78 is 11.1. The molecule has 0 saturated heterocycles. The monoisotopic (exact) mass is 84.0 g/mol. The molecule has 0 spiro atoms. The predicted molar refractivity (Wildman–Crippen MR) is 15.2 cm³/mol. The van der Waals surface area contributed by atoms with Crippen LogP contribution in [0.2, 0.25) is 0 Å². The van der Waals surface area contributed by atoms with Gasteiger partial charge < -0.3 is 1.43 Å². The van der Waals surface area contributed by atoms with Crippen molar-refractivity contribution in [1.82, 2.24) is 0 Å². The average molecular weight is 84.1 g/mol. The summed E-state index contributed by atoms with van der Waals surface area (Å²) in [4.78, 5) is 0. The Labute approximate surface area is 54.5 Å². The van der Waals surface area contributed by atoms with Crippen LogP contribution in [0.25, 0.3) is 0 Å². The van der Waals surface area contributed by atoms with E-state index >= 15 is 0 Å². The van der Waals surface area contributed by atoms with Crippen LogP contribution < -0.4 is 29.6 Å². The molecule has 1 aliphatic rings. The first-order chi connectivity index (χ1) is 1.89. The van der Waals surface area contributed by atoms with E-state index in [4.69, 9.17) is 0 Å². The SMILES string of the molecule is FC1CC1.[H-].[Na+]. The van der Waals surface area contributed by atoms with Gasteiger partial charge in [-0.15, -0.1) is 0 Å². The molecule has 0 atom stereocenters. The molecule has 1 saturated carbocycles. The van der Waals surface area contributed by atoms with E-state index in [2.05, 4.69) is 0 Å². The van der Waals surface area contributed by atoms with Gasteiger partial charge >= 0.3 is 29.6 Å². The smallest absolute Gasteiger partial charge is 1.00 e. The van der Waals surface area contributed by atoms with E-state index in [0.29, 0.717) is 0 Å². The van der Waals surface area contributed by atoms with Crippen LogP contribution in [-0.2, 0) is 0 Å². The summed E-state index contributed by atoms with van der Waals surface area (Å²) >= 11 is 0. The molecule has 0 radical (unpaired) electrons. The molecule has 2 heteroatoms. The number of hydrogen-bond donors (Lipinski definition) is 0. The molecular formula is C3H6FNa. The number of hydrogen-bond acceptors (Lipinski definition) is 0. The standard InChI is InChI=1S/C3H5F.Na.H/c4-3-1-2-3;;/h3H,1-2H2;;/q;+1;-1. The van der Waals surface area contributed by atoms with Crippen molar-refractivity contribution in [1.29, 1.82) is 0 Å². The van der Waals surface area contributed by atoms with E-state index in [1.54, 1.807) is 0 Å². The Kier molecular flexibility index (Phi) is 2.57. The quantitative estimate of drug-likeness (QED) is 0.305. The maximum Gasteiger partial charge on any atom is 1.00 e. The van der Waals surface area contributed by atoms with Crippen LogP contribution in [0.1, 0.15) is 14.3 Å². The summed E-state index contributed by atoms with van der Waals surface area (Å²) in [6.07, 6.45) is 1.22. The van der Waals surface area contributed by atoms with Gasteiger partial charge in [-0.25, -0.2) is 4.39 Å². The van der Waals surface area contributed by atoms with Gasteiger partial charge in [-0.2, -0.15) is 0 Å². The van der Waals surface area contributed by atoms with E-state index in [1.807, 2.05) is 0 Å². The van der Waals surface area contributed by atoms with Gasteiger partial charge in [-0.1, -0.05) is 0 Å². The fraction of sp³-hybridized carbons (Fsp3) is 1.00. The van der Waals surface area contributed by atoms with Crippen molar-refractivity contribution in [3.8, 4) is 0 Å². The van der Waals surface area contributed by atoms with Gasteiger partial charge in [0.05, 0.1) is 0 Å². The van der Waals surface area contributed by atoms with E-state index in [-0.39, 0.29) is 31.0 Å². The second-order valence-electron chi connectivity index (χ2n) is 1.17. The first kappa shape index (κ1) is 5.93. The predicted octanol–water partition coefficient (Wildman–Crippen LogP) is -1.77. The Hall–Kier alpha value is 0.930. The zero-order valence-corrected chi connectivity index (χ0v) is 5.37. The zero-order chi connectivity index (χ0) is 2.99. The van der Waals surface area contributed by atoms with Crippen molar-refractivity contribution in [2.45, 2.75) is 19.0 Å². The van der Waals surface area contributed by atoms with Gasteiger partial charge in [0, 0.05) is 0 Å². The first-order valence-corrected chi connectivity index (χ1v) is 1.53. The van der Waals surface area contributed by atoms with Gasteiger partial charge in [0.2, 0.25) is 0 Å². The first-order valence-electron chi connectivity index (χ1n) is 1.53. The number of halogens is 1. The molecule has 5 heavy (non-hydrogen) atoms. The molecule has 0 aliphatic heterocycles. The van der Waals surface area contributed by atoms with Crippen LogP contribution in [0.3, 0.4) is 0 Å². The van der Waals surface area contributed by atoms with Crippen LogP contribution in [-0.4, -0.2) is 6.17 Å². The van der Waals surface area contributed by atoms with Crippen LogP contribution in [0, 0.1) is 0 Å². The van der Waals surface area contributed by atoms with E-state index < -0.39 is 6.17 Å². The summed E-state index contributed by atoms with van der Waals surface area (Å²) in [7, 11) is 0. The normalized spacial score (nSPS) is 21.0. The minimum Gasteiger partial charge on any atom is -1.00 e. The van der Waals surface area contributed by atoms with Crippen molar-refractivity contribution in [2.24, 2.45) is 0 Å². The van der Waals surface area contributed by atoms with Crippen LogP contribution in [0.4, 0.5) is 4.39 Å². The average Bonchev–Trinajstić information content (AvgIpc) is 1.75. The summed E-state index contributed by atoms with van der Waals surface area (Å²) in [5.41, 5.74) is 0. The maximum atomic E-state index is 11.1. The molecule has 1 aliphatic carbocycles. The third kappa shape index (κ3) is 2.74. The fourth-order valence-electron chi connectivity index (χ4n) is 0.0630. The third-order valence-electron chi connectivity index (χ3n) is 0.507. The summed E-state index contributed by atoms with van der Waals surface area (Å²) in [6.45, 7) is 0. The molecule has 0 aromatic heterocycles. The Bertz CT molecular complexity index is 30.0. The Morgan fingerprint density at radius 3 is 1.80 bits per heavy atom. The Morgan fingerprint density at radius 1 is 1.60 bits per heavy atom. The molecule has 1 fully saturated rings. The van der Waals surface area contributed by atoms with E-state index in [0.717, 1.165) is 12.8 Å². The van der Waals surface area contributed by atoms with Crippen LogP contribution >= 0.6 is 0 Å². The molecule has 0 aromatic carbocycles. The topological polar surface area (TPSA) is 0 Å². The Morgan fingerprint density at radius 2 is 1.80 bits per heavy atom. The van der Waals surface area contributed by atoms with Crippen LogP contribution in [0.15, 0.2) is 0 Å². The molecule has 0 amide bonds. The molecule has 0 aromatic rings. The van der Waals surface area contributed by atoms with E-state index in [9.17, 15) is 4.39 Å². The summed E-state index contributed by atoms with van der Waals surface area (Å²) in [5, 5.41) is 0. The van der Waals surface area contributed by atoms with Gasteiger partial charge in [-0.05, 0) is 12.8 Å². The van der Waals surface area contributed by atoms with Crippen molar-refractivity contribution >= 4 is 0 Å². The summed E-state index contributed by atoms with van der Waals surface area (Å²) in [6, 6.07) is 0. The zero-order valence-electron chi connectivity index (χ0n) is 4.37. The third-order valence-corrected chi connectivity index (χ3v) is 0.507. The number of rotatable bonds is 0. The summed E-state index contributed by atoms with van der Waals surface area (Å²) in [5.74, 6) is 0. The minimum absolute atomic E-state index is 0. The molecule has 0 nitrogen and oxygen atoms in total. The molecular weight excluding hydrogens is 78.0 g/mol. The number of alkyl halides is 1. The second kappa shape index (κ2) is 2.17. The van der Waals surface area contributed by atoms with Gasteiger partial charge in [0.15, 0.2) is 0 Å². The molecule has 0 unspecified atom stereocenters. The van der Waals surface area contributed by atoms with Crippen molar-refractivity contribution in [3.63, 3.8) is 0 Å². The second-order valence-corrected chi connectivity index (χ2v) is 1.17. The molecule has 0 bridgehead atoms. The van der Waals surface area contributed by atoms with Crippen molar-refractivity contribution in [2.75, 3.05) is 0 Å². The van der Waals surface area contributed by atoms with Gasteiger partial charge in [0.25, 0.3) is 0 Å². The minimum atomic E-state index is -0.417. The Balaban J connectivity index is 0. The fourth-order valence-corrected chi connectivity index (χ4v) is 0.0630. The van der Waals surface area contributed by atoms with Crippen molar-refractivity contribution in [3.05, 3.63) is 0 Å². The molecule has 26 valence electrons.